The van der Waals surface area contributed by atoms with Crippen LogP contribution in [0.4, 0.5) is 0 Å². The van der Waals surface area contributed by atoms with E-state index in [2.05, 4.69) is 6.92 Å². The Hall–Kier alpha value is -2.03. The van der Waals surface area contributed by atoms with Crippen molar-refractivity contribution in [2.24, 2.45) is 0 Å². The average molecular weight is 302 g/mol. The quantitative estimate of drug-likeness (QED) is 0.269. The van der Waals surface area contributed by atoms with Crippen LogP contribution in [-0.2, 0) is 4.79 Å². The van der Waals surface area contributed by atoms with Crippen molar-refractivity contribution in [2.75, 3.05) is 13.7 Å². The zero-order chi connectivity index (χ0) is 16.2. The molecule has 0 bridgehead atoms. The lowest BCUT2D eigenvalue weighted by Gasteiger charge is -2.11. The number of carbonyl (C=O) groups is 1. The Labute approximate surface area is 133 Å². The summed E-state index contributed by atoms with van der Waals surface area (Å²) >= 11 is 0. The van der Waals surface area contributed by atoms with Gasteiger partial charge in [-0.25, -0.2) is 0 Å². The summed E-state index contributed by atoms with van der Waals surface area (Å²) in [4.78, 5) is 10.3. The first-order valence-corrected chi connectivity index (χ1v) is 7.82. The van der Waals surface area contributed by atoms with Crippen LogP contribution >= 0.6 is 0 Å². The third-order valence-electron chi connectivity index (χ3n) is 3.28. The molecule has 0 aliphatic rings. The Bertz CT molecular complexity index is 515. The van der Waals surface area contributed by atoms with E-state index in [9.17, 15) is 4.79 Å². The largest absolute Gasteiger partial charge is 0.493 e. The maximum atomic E-state index is 10.3. The van der Waals surface area contributed by atoms with E-state index in [1.807, 2.05) is 31.2 Å². The molecular weight excluding hydrogens is 276 g/mol. The fourth-order valence-electron chi connectivity index (χ4n) is 2.11. The highest BCUT2D eigenvalue weighted by Gasteiger charge is 2.05. The summed E-state index contributed by atoms with van der Waals surface area (Å²) in [5.41, 5.74) is 2.02. The Balaban J connectivity index is 2.70. The number of ether oxygens (including phenoxy) is 2. The van der Waals surface area contributed by atoms with Gasteiger partial charge in [0.15, 0.2) is 11.5 Å². The molecule has 0 aromatic heterocycles. The van der Waals surface area contributed by atoms with E-state index in [0.29, 0.717) is 6.61 Å². The van der Waals surface area contributed by atoms with E-state index in [-0.39, 0.29) is 0 Å². The van der Waals surface area contributed by atoms with Gasteiger partial charge in [-0.05, 0) is 37.1 Å². The molecule has 1 aromatic rings. The van der Waals surface area contributed by atoms with Crippen molar-refractivity contribution in [1.82, 2.24) is 0 Å². The van der Waals surface area contributed by atoms with Crippen LogP contribution < -0.4 is 9.47 Å². The van der Waals surface area contributed by atoms with Gasteiger partial charge in [-0.1, -0.05) is 50.0 Å². The number of allylic oxidation sites excluding steroid dienone is 3. The lowest BCUT2D eigenvalue weighted by atomic mass is 10.1. The van der Waals surface area contributed by atoms with Crippen LogP contribution in [-0.4, -0.2) is 20.0 Å². The topological polar surface area (TPSA) is 35.5 Å². The molecule has 0 saturated heterocycles. The monoisotopic (exact) mass is 302 g/mol. The summed E-state index contributed by atoms with van der Waals surface area (Å²) in [6.45, 7) is 4.86. The molecule has 3 nitrogen and oxygen atoms in total. The first-order valence-electron chi connectivity index (χ1n) is 7.82. The molecule has 0 atom stereocenters. The molecule has 0 aliphatic carbocycles. The number of methoxy groups -OCH3 is 1. The molecular formula is C19H26O3. The standard InChI is InChI=1S/C19H26O3/c1-4-5-6-7-13-22-18-11-10-17(15-19(18)21-3)14-16(2)9-8-12-20/h8-12,14-15H,4-7,13H2,1-3H3/b9-8+,16-14+. The maximum Gasteiger partial charge on any atom is 0.161 e. The lowest BCUT2D eigenvalue weighted by Crippen LogP contribution is -1.99. The maximum absolute atomic E-state index is 10.3. The van der Waals surface area contributed by atoms with Crippen LogP contribution in [0.25, 0.3) is 6.08 Å². The summed E-state index contributed by atoms with van der Waals surface area (Å²) in [6, 6.07) is 5.86. The summed E-state index contributed by atoms with van der Waals surface area (Å²) in [5.74, 6) is 1.51. The lowest BCUT2D eigenvalue weighted by molar-refractivity contribution is -0.104. The van der Waals surface area contributed by atoms with E-state index in [0.717, 1.165) is 35.3 Å². The number of unbranched alkanes of at least 4 members (excludes halogenated alkanes) is 3. The normalized spacial score (nSPS) is 11.7. The number of aldehydes is 1. The molecule has 1 rings (SSSR count). The molecule has 0 unspecified atom stereocenters. The van der Waals surface area contributed by atoms with Gasteiger partial charge < -0.3 is 9.47 Å². The van der Waals surface area contributed by atoms with Crippen LogP contribution in [0, 0.1) is 0 Å². The second-order valence-electron chi connectivity index (χ2n) is 5.20. The number of benzene rings is 1. The molecule has 0 N–H and O–H groups in total. The Morgan fingerprint density at radius 1 is 1.18 bits per heavy atom. The van der Waals surface area contributed by atoms with Gasteiger partial charge in [0.2, 0.25) is 0 Å². The molecule has 3 heteroatoms. The highest BCUT2D eigenvalue weighted by atomic mass is 16.5. The van der Waals surface area contributed by atoms with Gasteiger partial charge in [0.25, 0.3) is 0 Å². The van der Waals surface area contributed by atoms with Gasteiger partial charge in [0, 0.05) is 0 Å². The average Bonchev–Trinajstić information content (AvgIpc) is 2.53. The number of rotatable bonds is 10. The van der Waals surface area contributed by atoms with Gasteiger partial charge >= 0.3 is 0 Å². The first-order chi connectivity index (χ1) is 10.7. The van der Waals surface area contributed by atoms with Crippen LogP contribution in [0.1, 0.15) is 45.1 Å². The van der Waals surface area contributed by atoms with Crippen molar-refractivity contribution < 1.29 is 14.3 Å². The molecule has 0 heterocycles. The van der Waals surface area contributed by atoms with Gasteiger partial charge in [-0.2, -0.15) is 0 Å². The molecule has 1 aromatic carbocycles. The first kappa shape index (κ1) is 18.0. The number of carbonyl (C=O) groups excluding carboxylic acids is 1. The second-order valence-corrected chi connectivity index (χ2v) is 5.20. The highest BCUT2D eigenvalue weighted by molar-refractivity contribution is 5.68. The minimum absolute atomic E-state index is 0.715. The second kappa shape index (κ2) is 10.7. The summed E-state index contributed by atoms with van der Waals surface area (Å²) in [5, 5.41) is 0. The van der Waals surface area contributed by atoms with Crippen molar-refractivity contribution in [1.29, 1.82) is 0 Å². The highest BCUT2D eigenvalue weighted by Crippen LogP contribution is 2.29. The zero-order valence-electron chi connectivity index (χ0n) is 13.8. The van der Waals surface area contributed by atoms with Crippen molar-refractivity contribution in [2.45, 2.75) is 39.5 Å². The Morgan fingerprint density at radius 2 is 2.00 bits per heavy atom. The van der Waals surface area contributed by atoms with Gasteiger partial charge in [-0.3, -0.25) is 4.79 Å². The Morgan fingerprint density at radius 3 is 2.68 bits per heavy atom. The molecule has 0 spiro atoms. The number of hydrogen-bond donors (Lipinski definition) is 0. The van der Waals surface area contributed by atoms with Gasteiger partial charge in [0.05, 0.1) is 13.7 Å². The van der Waals surface area contributed by atoms with E-state index in [1.54, 1.807) is 13.2 Å². The summed E-state index contributed by atoms with van der Waals surface area (Å²) in [7, 11) is 1.64. The molecule has 0 saturated carbocycles. The predicted molar refractivity (Wildman–Crippen MR) is 91.5 cm³/mol. The van der Waals surface area contributed by atoms with Crippen molar-refractivity contribution in [3.8, 4) is 11.5 Å². The predicted octanol–water partition coefficient (Wildman–Crippen LogP) is 4.81. The van der Waals surface area contributed by atoms with Crippen molar-refractivity contribution in [3.63, 3.8) is 0 Å². The molecule has 22 heavy (non-hydrogen) atoms. The fraction of sp³-hybridized carbons (Fsp3) is 0.421. The zero-order valence-corrected chi connectivity index (χ0v) is 13.8. The van der Waals surface area contributed by atoms with Crippen LogP contribution in [0.3, 0.4) is 0 Å². The van der Waals surface area contributed by atoms with E-state index >= 15 is 0 Å². The minimum Gasteiger partial charge on any atom is -0.493 e. The summed E-state index contributed by atoms with van der Waals surface area (Å²) < 4.78 is 11.2. The SMILES string of the molecule is CCCCCCOc1ccc(/C=C(C)/C=C/C=O)cc1OC. The van der Waals surface area contributed by atoms with Crippen LogP contribution in [0.2, 0.25) is 0 Å². The van der Waals surface area contributed by atoms with Gasteiger partial charge in [-0.15, -0.1) is 0 Å². The van der Waals surface area contributed by atoms with Gasteiger partial charge in [0.1, 0.15) is 6.29 Å². The molecule has 0 aliphatic heterocycles. The number of hydrogen-bond acceptors (Lipinski definition) is 3. The van der Waals surface area contributed by atoms with Crippen molar-refractivity contribution >= 4 is 12.4 Å². The molecule has 0 fully saturated rings. The van der Waals surface area contributed by atoms with E-state index < -0.39 is 0 Å². The third kappa shape index (κ3) is 6.61. The van der Waals surface area contributed by atoms with Crippen LogP contribution in [0.15, 0.2) is 35.9 Å². The summed E-state index contributed by atoms with van der Waals surface area (Å²) in [6.07, 6.45) is 10.8. The molecule has 0 amide bonds. The van der Waals surface area contributed by atoms with Crippen LogP contribution in [0.5, 0.6) is 11.5 Å². The Kier molecular flexibility index (Phi) is 8.73. The van der Waals surface area contributed by atoms with E-state index in [1.165, 1.54) is 25.3 Å². The molecule has 120 valence electrons. The minimum atomic E-state index is 0.715. The van der Waals surface area contributed by atoms with E-state index in [4.69, 9.17) is 9.47 Å². The van der Waals surface area contributed by atoms with Crippen molar-refractivity contribution in [3.05, 3.63) is 41.5 Å². The fourth-order valence-corrected chi connectivity index (χ4v) is 2.11. The smallest absolute Gasteiger partial charge is 0.161 e. The molecule has 0 radical (unpaired) electrons. The third-order valence-corrected chi connectivity index (χ3v) is 3.28.